The van der Waals surface area contributed by atoms with Crippen molar-refractivity contribution in [1.82, 2.24) is 10.3 Å². The number of hydrogen-bond donors (Lipinski definition) is 1. The van der Waals surface area contributed by atoms with Gasteiger partial charge in [-0.15, -0.1) is 11.3 Å². The fourth-order valence-electron chi connectivity index (χ4n) is 2.80. The van der Waals surface area contributed by atoms with Crippen LogP contribution in [0, 0.1) is 5.92 Å². The van der Waals surface area contributed by atoms with E-state index in [1.807, 2.05) is 35.7 Å². The van der Waals surface area contributed by atoms with Gasteiger partial charge in [0.2, 0.25) is 5.91 Å². The average molecular weight is 300 g/mol. The molecular weight excluding hydrogens is 280 g/mol. The molecule has 1 N–H and O–H groups in total. The average Bonchev–Trinajstić information content (AvgIpc) is 3.17. The third-order valence-electron chi connectivity index (χ3n) is 3.98. The number of rotatable bonds is 5. The summed E-state index contributed by atoms with van der Waals surface area (Å²) in [6, 6.07) is 10.1. The third-order valence-corrected chi connectivity index (χ3v) is 4.92. The molecule has 0 aliphatic heterocycles. The highest BCUT2D eigenvalue weighted by Crippen LogP contribution is 2.24. The maximum Gasteiger partial charge on any atom is 0.226 e. The Morgan fingerprint density at radius 2 is 2.00 bits per heavy atom. The minimum absolute atomic E-state index is 0.0896. The number of carbonyl (C=O) groups excluding carboxylic acids is 1. The van der Waals surface area contributed by atoms with Gasteiger partial charge in [-0.25, -0.2) is 4.98 Å². The second kappa shape index (κ2) is 6.85. The lowest BCUT2D eigenvalue weighted by molar-refractivity contribution is -0.120. The molecular formula is C17H20N2OS. The Kier molecular flexibility index (Phi) is 4.65. The van der Waals surface area contributed by atoms with Gasteiger partial charge in [0.05, 0.1) is 12.1 Å². The van der Waals surface area contributed by atoms with Crippen molar-refractivity contribution in [1.29, 1.82) is 0 Å². The molecule has 0 radical (unpaired) electrons. The molecule has 2 aromatic rings. The van der Waals surface area contributed by atoms with E-state index in [0.29, 0.717) is 12.3 Å². The molecule has 3 rings (SSSR count). The Labute approximate surface area is 129 Å². The lowest BCUT2D eigenvalue weighted by Crippen LogP contribution is -2.29. The zero-order chi connectivity index (χ0) is 14.5. The Morgan fingerprint density at radius 3 is 2.76 bits per heavy atom. The summed E-state index contributed by atoms with van der Waals surface area (Å²) in [6.07, 6.45) is 5.53. The standard InChI is InChI=1S/C17H20N2OS/c20-16(18-11-13-6-4-5-7-13)10-15-12-21-17(19-15)14-8-2-1-3-9-14/h1-3,8-9,12-13H,4-7,10-11H2,(H,18,20). The Balaban J connectivity index is 1.53. The van der Waals surface area contributed by atoms with E-state index in [0.717, 1.165) is 22.8 Å². The van der Waals surface area contributed by atoms with Crippen molar-refractivity contribution in [3.63, 3.8) is 0 Å². The lowest BCUT2D eigenvalue weighted by Gasteiger charge is -2.09. The van der Waals surface area contributed by atoms with Crippen molar-refractivity contribution in [2.75, 3.05) is 6.54 Å². The number of aromatic nitrogens is 1. The molecule has 1 aliphatic rings. The molecule has 1 aromatic heterocycles. The van der Waals surface area contributed by atoms with Gasteiger partial charge in [0.15, 0.2) is 0 Å². The maximum atomic E-state index is 12.0. The van der Waals surface area contributed by atoms with Crippen molar-refractivity contribution in [2.24, 2.45) is 5.92 Å². The number of amides is 1. The normalized spacial score (nSPS) is 15.2. The molecule has 3 nitrogen and oxygen atoms in total. The summed E-state index contributed by atoms with van der Waals surface area (Å²) in [5.41, 5.74) is 1.97. The monoisotopic (exact) mass is 300 g/mol. The summed E-state index contributed by atoms with van der Waals surface area (Å²) < 4.78 is 0. The minimum atomic E-state index is 0.0896. The summed E-state index contributed by atoms with van der Waals surface area (Å²) in [4.78, 5) is 16.5. The van der Waals surface area contributed by atoms with E-state index in [1.54, 1.807) is 11.3 Å². The third kappa shape index (κ3) is 3.91. The molecule has 1 heterocycles. The Morgan fingerprint density at radius 1 is 1.24 bits per heavy atom. The van der Waals surface area contributed by atoms with Crippen LogP contribution in [0.2, 0.25) is 0 Å². The van der Waals surface area contributed by atoms with Gasteiger partial charge in [0.1, 0.15) is 5.01 Å². The van der Waals surface area contributed by atoms with Gasteiger partial charge in [-0.1, -0.05) is 43.2 Å². The van der Waals surface area contributed by atoms with Crippen LogP contribution in [0.3, 0.4) is 0 Å². The largest absolute Gasteiger partial charge is 0.355 e. The van der Waals surface area contributed by atoms with Gasteiger partial charge >= 0.3 is 0 Å². The number of carbonyl (C=O) groups is 1. The first-order valence-corrected chi connectivity index (χ1v) is 8.46. The van der Waals surface area contributed by atoms with Crippen LogP contribution in [0.25, 0.3) is 10.6 Å². The second-order valence-corrected chi connectivity index (χ2v) is 6.50. The summed E-state index contributed by atoms with van der Waals surface area (Å²) >= 11 is 1.60. The molecule has 0 atom stereocenters. The molecule has 1 fully saturated rings. The van der Waals surface area contributed by atoms with E-state index in [9.17, 15) is 4.79 Å². The smallest absolute Gasteiger partial charge is 0.226 e. The highest BCUT2D eigenvalue weighted by atomic mass is 32.1. The van der Waals surface area contributed by atoms with Crippen LogP contribution < -0.4 is 5.32 Å². The topological polar surface area (TPSA) is 42.0 Å². The van der Waals surface area contributed by atoms with Gasteiger partial charge in [-0.05, 0) is 18.8 Å². The van der Waals surface area contributed by atoms with Crippen LogP contribution in [0.1, 0.15) is 31.4 Å². The molecule has 21 heavy (non-hydrogen) atoms. The molecule has 1 aromatic carbocycles. The lowest BCUT2D eigenvalue weighted by atomic mass is 10.1. The maximum absolute atomic E-state index is 12.0. The van der Waals surface area contributed by atoms with Crippen molar-refractivity contribution in [3.8, 4) is 10.6 Å². The van der Waals surface area contributed by atoms with Crippen molar-refractivity contribution in [3.05, 3.63) is 41.4 Å². The van der Waals surface area contributed by atoms with Gasteiger partial charge < -0.3 is 5.32 Å². The van der Waals surface area contributed by atoms with Crippen molar-refractivity contribution >= 4 is 17.2 Å². The predicted octanol–water partition coefficient (Wildman–Crippen LogP) is 3.66. The fraction of sp³-hybridized carbons (Fsp3) is 0.412. The van der Waals surface area contributed by atoms with Gasteiger partial charge in [-0.3, -0.25) is 4.79 Å². The molecule has 1 amide bonds. The van der Waals surface area contributed by atoms with Crippen molar-refractivity contribution in [2.45, 2.75) is 32.1 Å². The molecule has 0 unspecified atom stereocenters. The summed E-state index contributed by atoms with van der Waals surface area (Å²) in [5.74, 6) is 0.774. The number of hydrogen-bond acceptors (Lipinski definition) is 3. The minimum Gasteiger partial charge on any atom is -0.355 e. The quantitative estimate of drug-likeness (QED) is 0.915. The van der Waals surface area contributed by atoms with Crippen LogP contribution in [0.15, 0.2) is 35.7 Å². The van der Waals surface area contributed by atoms with E-state index in [-0.39, 0.29) is 5.91 Å². The van der Waals surface area contributed by atoms with E-state index in [2.05, 4.69) is 10.3 Å². The zero-order valence-electron chi connectivity index (χ0n) is 12.0. The molecule has 110 valence electrons. The number of nitrogens with one attached hydrogen (secondary N) is 1. The zero-order valence-corrected chi connectivity index (χ0v) is 12.9. The molecule has 0 spiro atoms. The van der Waals surface area contributed by atoms with Gasteiger partial charge in [0, 0.05) is 17.5 Å². The number of thiazole rings is 1. The van der Waals surface area contributed by atoms with Crippen LogP contribution in [-0.4, -0.2) is 17.4 Å². The first-order valence-electron chi connectivity index (χ1n) is 7.58. The molecule has 1 aliphatic carbocycles. The highest BCUT2D eigenvalue weighted by molar-refractivity contribution is 7.13. The van der Waals surface area contributed by atoms with Gasteiger partial charge in [0.25, 0.3) is 0 Å². The van der Waals surface area contributed by atoms with Crippen molar-refractivity contribution < 1.29 is 4.79 Å². The number of nitrogens with zero attached hydrogens (tertiary/aromatic N) is 1. The van der Waals surface area contributed by atoms with E-state index >= 15 is 0 Å². The van der Waals surface area contributed by atoms with Crippen LogP contribution in [0.4, 0.5) is 0 Å². The second-order valence-electron chi connectivity index (χ2n) is 5.64. The predicted molar refractivity (Wildman–Crippen MR) is 86.2 cm³/mol. The van der Waals surface area contributed by atoms with Crippen LogP contribution in [0.5, 0.6) is 0 Å². The van der Waals surface area contributed by atoms with Gasteiger partial charge in [-0.2, -0.15) is 0 Å². The molecule has 4 heteroatoms. The highest BCUT2D eigenvalue weighted by Gasteiger charge is 2.16. The molecule has 0 saturated heterocycles. The Hall–Kier alpha value is -1.68. The number of benzene rings is 1. The van der Waals surface area contributed by atoms with Crippen LogP contribution in [-0.2, 0) is 11.2 Å². The Bertz CT molecular complexity index is 588. The first-order chi connectivity index (χ1) is 10.3. The first kappa shape index (κ1) is 14.3. The van der Waals surface area contributed by atoms with E-state index in [1.165, 1.54) is 25.7 Å². The van der Waals surface area contributed by atoms with E-state index < -0.39 is 0 Å². The summed E-state index contributed by atoms with van der Waals surface area (Å²) in [5, 5.41) is 6.01. The fourth-order valence-corrected chi connectivity index (χ4v) is 3.63. The molecule has 0 bridgehead atoms. The molecule has 1 saturated carbocycles. The summed E-state index contributed by atoms with van der Waals surface area (Å²) in [7, 11) is 0. The summed E-state index contributed by atoms with van der Waals surface area (Å²) in [6.45, 7) is 0.828. The SMILES string of the molecule is O=C(Cc1csc(-c2ccccc2)n1)NCC1CCCC1. The van der Waals surface area contributed by atoms with Crippen LogP contribution >= 0.6 is 11.3 Å². The van der Waals surface area contributed by atoms with E-state index in [4.69, 9.17) is 0 Å².